The lowest BCUT2D eigenvalue weighted by Gasteiger charge is -2.15. The lowest BCUT2D eigenvalue weighted by molar-refractivity contribution is 0.150. The largest absolute Gasteiger partial charge is 0.379 e. The highest BCUT2D eigenvalue weighted by atomic mass is 16.3. The van der Waals surface area contributed by atoms with Crippen LogP contribution in [-0.4, -0.2) is 17.9 Å². The number of allylic oxidation sites excluding steroid dienone is 2. The van der Waals surface area contributed by atoms with Crippen LogP contribution in [0, 0.1) is 5.92 Å². The summed E-state index contributed by atoms with van der Waals surface area (Å²) in [5, 5.41) is 12.0. The van der Waals surface area contributed by atoms with Crippen molar-refractivity contribution in [3.8, 4) is 0 Å². The van der Waals surface area contributed by atoms with Gasteiger partial charge in [0.15, 0.2) is 0 Å². The second kappa shape index (κ2) is 7.07. The quantitative estimate of drug-likeness (QED) is 0.449. The minimum Gasteiger partial charge on any atom is -0.379 e. The molecule has 2 nitrogen and oxygen atoms in total. The molecular formula is C10H19NO. The summed E-state index contributed by atoms with van der Waals surface area (Å²) in [6, 6.07) is 0. The number of aliphatic hydroxyl groups excluding tert-OH is 1. The standard InChI is InChI=1S/C10H19NO/c1-4-6-10(7-5-2)8-11-9(3)12/h4-5,9-12H,1-2,6-8H2,3H3. The van der Waals surface area contributed by atoms with E-state index in [0.29, 0.717) is 5.92 Å². The van der Waals surface area contributed by atoms with E-state index in [2.05, 4.69) is 18.5 Å². The summed E-state index contributed by atoms with van der Waals surface area (Å²) in [7, 11) is 0. The first kappa shape index (κ1) is 11.4. The van der Waals surface area contributed by atoms with Crippen molar-refractivity contribution in [2.75, 3.05) is 6.54 Å². The van der Waals surface area contributed by atoms with E-state index in [1.807, 2.05) is 12.2 Å². The van der Waals surface area contributed by atoms with Crippen molar-refractivity contribution >= 4 is 0 Å². The van der Waals surface area contributed by atoms with Gasteiger partial charge in [-0.05, 0) is 25.7 Å². The van der Waals surface area contributed by atoms with Gasteiger partial charge in [0.2, 0.25) is 0 Å². The molecule has 0 aromatic heterocycles. The third-order valence-corrected chi connectivity index (χ3v) is 1.70. The molecule has 0 aliphatic carbocycles. The maximum atomic E-state index is 8.97. The summed E-state index contributed by atoms with van der Waals surface area (Å²) in [6.45, 7) is 9.91. The van der Waals surface area contributed by atoms with Gasteiger partial charge in [-0.25, -0.2) is 0 Å². The van der Waals surface area contributed by atoms with E-state index in [1.165, 1.54) is 0 Å². The van der Waals surface area contributed by atoms with Crippen molar-refractivity contribution in [1.82, 2.24) is 5.32 Å². The zero-order chi connectivity index (χ0) is 9.40. The zero-order valence-electron chi connectivity index (χ0n) is 7.79. The van der Waals surface area contributed by atoms with Crippen LogP contribution >= 0.6 is 0 Å². The fraction of sp³-hybridized carbons (Fsp3) is 0.600. The molecule has 0 amide bonds. The first-order valence-corrected chi connectivity index (χ1v) is 4.34. The van der Waals surface area contributed by atoms with Crippen molar-refractivity contribution in [2.45, 2.75) is 26.0 Å². The lowest BCUT2D eigenvalue weighted by Crippen LogP contribution is -2.30. The highest BCUT2D eigenvalue weighted by Gasteiger charge is 2.05. The number of hydrogen-bond acceptors (Lipinski definition) is 2. The molecule has 2 N–H and O–H groups in total. The van der Waals surface area contributed by atoms with Gasteiger partial charge in [-0.1, -0.05) is 12.2 Å². The van der Waals surface area contributed by atoms with Crippen LogP contribution in [0.25, 0.3) is 0 Å². The molecule has 0 aromatic rings. The number of nitrogens with one attached hydrogen (secondary N) is 1. The van der Waals surface area contributed by atoms with E-state index in [-0.39, 0.29) is 0 Å². The molecule has 0 aromatic carbocycles. The molecule has 0 spiro atoms. The van der Waals surface area contributed by atoms with Gasteiger partial charge in [0.05, 0.1) is 0 Å². The van der Waals surface area contributed by atoms with Crippen LogP contribution in [0.3, 0.4) is 0 Å². The molecule has 0 saturated heterocycles. The minimum absolute atomic E-state index is 0.429. The van der Waals surface area contributed by atoms with Crippen LogP contribution in [0.15, 0.2) is 25.3 Å². The van der Waals surface area contributed by atoms with E-state index in [4.69, 9.17) is 5.11 Å². The molecule has 1 unspecified atom stereocenters. The Morgan fingerprint density at radius 2 is 1.83 bits per heavy atom. The number of aliphatic hydroxyl groups is 1. The molecule has 12 heavy (non-hydrogen) atoms. The van der Waals surface area contributed by atoms with Crippen LogP contribution in [0.1, 0.15) is 19.8 Å². The molecule has 0 bridgehead atoms. The molecule has 2 heteroatoms. The molecule has 0 saturated carbocycles. The molecule has 0 heterocycles. The van der Waals surface area contributed by atoms with Gasteiger partial charge in [0.25, 0.3) is 0 Å². The minimum atomic E-state index is -0.429. The normalized spacial score (nSPS) is 12.9. The SMILES string of the molecule is C=CCC(CC=C)CNC(C)O. The van der Waals surface area contributed by atoms with E-state index in [9.17, 15) is 0 Å². The topological polar surface area (TPSA) is 32.3 Å². The van der Waals surface area contributed by atoms with Crippen molar-refractivity contribution in [3.63, 3.8) is 0 Å². The van der Waals surface area contributed by atoms with E-state index in [1.54, 1.807) is 6.92 Å². The Hall–Kier alpha value is -0.600. The van der Waals surface area contributed by atoms with Crippen LogP contribution in [0.5, 0.6) is 0 Å². The lowest BCUT2D eigenvalue weighted by atomic mass is 10.0. The van der Waals surface area contributed by atoms with Gasteiger partial charge in [-0.2, -0.15) is 0 Å². The fourth-order valence-electron chi connectivity index (χ4n) is 1.07. The summed E-state index contributed by atoms with van der Waals surface area (Å²) >= 11 is 0. The Morgan fingerprint density at radius 1 is 1.33 bits per heavy atom. The third-order valence-electron chi connectivity index (χ3n) is 1.70. The Kier molecular flexibility index (Phi) is 6.72. The number of rotatable bonds is 7. The Labute approximate surface area is 75.0 Å². The smallest absolute Gasteiger partial charge is 0.102 e. The van der Waals surface area contributed by atoms with Gasteiger partial charge in [-0.3, -0.25) is 5.32 Å². The molecule has 0 aliphatic heterocycles. The second-order valence-corrected chi connectivity index (χ2v) is 3.00. The van der Waals surface area contributed by atoms with Crippen LogP contribution in [-0.2, 0) is 0 Å². The Bertz CT molecular complexity index is 122. The Balaban J connectivity index is 3.61. The summed E-state index contributed by atoms with van der Waals surface area (Å²) in [6.07, 6.45) is 5.30. The van der Waals surface area contributed by atoms with Crippen LogP contribution in [0.2, 0.25) is 0 Å². The molecule has 0 fully saturated rings. The van der Waals surface area contributed by atoms with Gasteiger partial charge in [0.1, 0.15) is 6.23 Å². The Morgan fingerprint density at radius 3 is 2.17 bits per heavy atom. The van der Waals surface area contributed by atoms with Crippen LogP contribution in [0.4, 0.5) is 0 Å². The molecular weight excluding hydrogens is 150 g/mol. The monoisotopic (exact) mass is 169 g/mol. The molecule has 1 atom stereocenters. The maximum Gasteiger partial charge on any atom is 0.102 e. The average Bonchev–Trinajstić information content (AvgIpc) is 2.01. The van der Waals surface area contributed by atoms with Gasteiger partial charge in [0, 0.05) is 6.54 Å². The zero-order valence-corrected chi connectivity index (χ0v) is 7.79. The van der Waals surface area contributed by atoms with Crippen molar-refractivity contribution in [1.29, 1.82) is 0 Å². The molecule has 0 aliphatic rings. The van der Waals surface area contributed by atoms with Crippen molar-refractivity contribution in [2.24, 2.45) is 5.92 Å². The predicted octanol–water partition coefficient (Wildman–Crippen LogP) is 1.68. The molecule has 0 radical (unpaired) electrons. The van der Waals surface area contributed by atoms with Gasteiger partial charge < -0.3 is 5.11 Å². The number of hydrogen-bond donors (Lipinski definition) is 2. The summed E-state index contributed by atoms with van der Waals surface area (Å²) in [4.78, 5) is 0. The fourth-order valence-corrected chi connectivity index (χ4v) is 1.07. The summed E-state index contributed by atoms with van der Waals surface area (Å²) in [5.74, 6) is 0.509. The second-order valence-electron chi connectivity index (χ2n) is 3.00. The third kappa shape index (κ3) is 6.13. The first-order chi connectivity index (χ1) is 5.70. The highest BCUT2D eigenvalue weighted by Crippen LogP contribution is 2.08. The van der Waals surface area contributed by atoms with Crippen molar-refractivity contribution < 1.29 is 5.11 Å². The van der Waals surface area contributed by atoms with E-state index >= 15 is 0 Å². The molecule has 70 valence electrons. The molecule has 0 rings (SSSR count). The predicted molar refractivity (Wildman–Crippen MR) is 52.8 cm³/mol. The average molecular weight is 169 g/mol. The summed E-state index contributed by atoms with van der Waals surface area (Å²) < 4.78 is 0. The van der Waals surface area contributed by atoms with Gasteiger partial charge in [-0.15, -0.1) is 13.2 Å². The van der Waals surface area contributed by atoms with E-state index < -0.39 is 6.23 Å². The maximum absolute atomic E-state index is 8.97. The van der Waals surface area contributed by atoms with Crippen molar-refractivity contribution in [3.05, 3.63) is 25.3 Å². The summed E-state index contributed by atoms with van der Waals surface area (Å²) in [5.41, 5.74) is 0. The first-order valence-electron chi connectivity index (χ1n) is 4.34. The van der Waals surface area contributed by atoms with Gasteiger partial charge >= 0.3 is 0 Å². The highest BCUT2D eigenvalue weighted by molar-refractivity contribution is 4.80. The van der Waals surface area contributed by atoms with E-state index in [0.717, 1.165) is 19.4 Å². The van der Waals surface area contributed by atoms with Crippen LogP contribution < -0.4 is 5.32 Å².